The van der Waals surface area contributed by atoms with Crippen LogP contribution in [0.25, 0.3) is 40.0 Å². The van der Waals surface area contributed by atoms with E-state index in [0.29, 0.717) is 12.0 Å². The van der Waals surface area contributed by atoms with Gasteiger partial charge in [0.2, 0.25) is 0 Å². The first-order chi connectivity index (χ1) is 14.7. The van der Waals surface area contributed by atoms with Gasteiger partial charge in [0, 0.05) is 40.5 Å². The molecule has 3 aromatic carbocycles. The average molecular weight is 389 g/mol. The molecule has 1 aliphatic heterocycles. The van der Waals surface area contributed by atoms with Gasteiger partial charge < -0.3 is 9.88 Å². The van der Waals surface area contributed by atoms with E-state index in [1.54, 1.807) is 0 Å². The van der Waals surface area contributed by atoms with Crippen LogP contribution >= 0.6 is 0 Å². The van der Waals surface area contributed by atoms with Gasteiger partial charge in [0.25, 0.3) is 0 Å². The number of para-hydroxylation sites is 1. The lowest BCUT2D eigenvalue weighted by molar-refractivity contribution is 0.779. The summed E-state index contributed by atoms with van der Waals surface area (Å²) >= 11 is 0. The molecule has 0 saturated heterocycles. The first-order valence-electron chi connectivity index (χ1n) is 10.6. The molecule has 0 bridgehead atoms. The van der Waals surface area contributed by atoms with Crippen molar-refractivity contribution in [2.45, 2.75) is 18.9 Å². The molecular formula is C28H24N2. The van der Waals surface area contributed by atoms with Crippen molar-refractivity contribution < 1.29 is 0 Å². The topological polar surface area (TPSA) is 19.0 Å². The Hall–Kier alpha value is -3.52. The summed E-state index contributed by atoms with van der Waals surface area (Å²) in [6.45, 7) is 2.04. The maximum Gasteiger partial charge on any atom is 0.0583 e. The molecule has 1 aromatic heterocycles. The minimum Gasteiger partial charge on any atom is -0.367 e. The van der Waals surface area contributed by atoms with E-state index in [0.717, 1.165) is 0 Å². The summed E-state index contributed by atoms with van der Waals surface area (Å²) in [5.41, 5.74) is 6.48. The van der Waals surface area contributed by atoms with Gasteiger partial charge in [-0.25, -0.2) is 0 Å². The number of fused-ring (bicyclic) bond motifs is 8. The number of allylic oxidation sites excluding steroid dienone is 3. The number of hydrogen-bond donors (Lipinski definition) is 1. The van der Waals surface area contributed by atoms with Crippen molar-refractivity contribution in [3.63, 3.8) is 0 Å². The van der Waals surface area contributed by atoms with Crippen LogP contribution in [0.2, 0.25) is 0 Å². The third-order valence-corrected chi connectivity index (χ3v) is 6.63. The van der Waals surface area contributed by atoms with Gasteiger partial charge in [-0.3, -0.25) is 0 Å². The van der Waals surface area contributed by atoms with E-state index in [1.807, 2.05) is 6.92 Å². The molecule has 6 rings (SSSR count). The molecule has 2 aliphatic rings. The molecule has 0 amide bonds. The monoisotopic (exact) mass is 388 g/mol. The van der Waals surface area contributed by atoms with Crippen molar-refractivity contribution in [1.82, 2.24) is 4.98 Å². The van der Waals surface area contributed by atoms with Gasteiger partial charge in [-0.2, -0.15) is 0 Å². The third-order valence-electron chi connectivity index (χ3n) is 6.63. The number of H-pyrrole nitrogens is 1. The van der Waals surface area contributed by atoms with Crippen molar-refractivity contribution in [2.75, 3.05) is 11.9 Å². The Morgan fingerprint density at radius 3 is 2.70 bits per heavy atom. The summed E-state index contributed by atoms with van der Waals surface area (Å²) < 4.78 is 0. The quantitative estimate of drug-likeness (QED) is 0.474. The highest BCUT2D eigenvalue weighted by Gasteiger charge is 2.37. The summed E-state index contributed by atoms with van der Waals surface area (Å²) in [6, 6.07) is 20.3. The molecule has 2 nitrogen and oxygen atoms in total. The molecule has 4 aromatic rings. The van der Waals surface area contributed by atoms with E-state index in [-0.39, 0.29) is 0 Å². The normalized spacial score (nSPS) is 19.9. The van der Waals surface area contributed by atoms with Crippen LogP contribution < -0.4 is 15.3 Å². The third kappa shape index (κ3) is 2.43. The predicted molar refractivity (Wildman–Crippen MR) is 129 cm³/mol. The molecule has 0 saturated carbocycles. The molecular weight excluding hydrogens is 364 g/mol. The van der Waals surface area contributed by atoms with Crippen LogP contribution in [0.15, 0.2) is 72.8 Å². The van der Waals surface area contributed by atoms with Crippen LogP contribution in [0.1, 0.15) is 24.0 Å². The molecule has 2 heteroatoms. The zero-order chi connectivity index (χ0) is 20.2. The van der Waals surface area contributed by atoms with Crippen molar-refractivity contribution in [2.24, 2.45) is 0 Å². The number of aromatic amines is 1. The summed E-state index contributed by atoms with van der Waals surface area (Å²) in [6.07, 6.45) is 13.3. The second-order valence-corrected chi connectivity index (χ2v) is 8.33. The molecule has 1 aliphatic carbocycles. The van der Waals surface area contributed by atoms with Crippen LogP contribution in [0.3, 0.4) is 0 Å². The minimum absolute atomic E-state index is 0.357. The Balaban J connectivity index is 1.59. The Kier molecular flexibility index (Phi) is 3.76. The van der Waals surface area contributed by atoms with Crippen LogP contribution in [0.4, 0.5) is 5.69 Å². The van der Waals surface area contributed by atoms with E-state index in [1.165, 1.54) is 49.1 Å². The summed E-state index contributed by atoms with van der Waals surface area (Å²) in [5, 5.41) is 5.35. The maximum atomic E-state index is 3.62. The van der Waals surface area contributed by atoms with E-state index in [9.17, 15) is 0 Å². The van der Waals surface area contributed by atoms with Gasteiger partial charge in [-0.1, -0.05) is 66.8 Å². The Labute approximate surface area is 176 Å². The van der Waals surface area contributed by atoms with Crippen molar-refractivity contribution in [3.05, 3.63) is 94.4 Å². The van der Waals surface area contributed by atoms with E-state index in [4.69, 9.17) is 0 Å². The van der Waals surface area contributed by atoms with Crippen LogP contribution in [0.5, 0.6) is 0 Å². The highest BCUT2D eigenvalue weighted by atomic mass is 15.2. The predicted octanol–water partition coefficient (Wildman–Crippen LogP) is 5.09. The van der Waals surface area contributed by atoms with E-state index < -0.39 is 0 Å². The molecule has 2 unspecified atom stereocenters. The summed E-state index contributed by atoms with van der Waals surface area (Å²) in [7, 11) is 2.23. The average Bonchev–Trinajstić information content (AvgIpc) is 3.28. The number of nitrogens with one attached hydrogen (secondary N) is 1. The minimum atomic E-state index is 0.357. The lowest BCUT2D eigenvalue weighted by atomic mass is 9.87. The molecule has 2 heterocycles. The summed E-state index contributed by atoms with van der Waals surface area (Å²) in [4.78, 5) is 6.06. The SMILES string of the molecule is C/C=C\C=C/c1ccc2c(c1)=CC1c3c(ccc4[nH]c5ccccc5c34)N(C)C1C=2. The number of anilines is 1. The van der Waals surface area contributed by atoms with E-state index in [2.05, 4.69) is 108 Å². The molecule has 0 radical (unpaired) electrons. The fourth-order valence-electron chi connectivity index (χ4n) is 5.22. The lowest BCUT2D eigenvalue weighted by Crippen LogP contribution is -2.38. The maximum absolute atomic E-state index is 3.62. The standard InChI is InChI=1S/C28H24N2/c1-3-4-5-8-18-11-12-19-17-26-22(16-20(19)15-18)28-25(30(26)2)14-13-24-27(28)21-9-6-7-10-23(21)29-24/h3-17,22,26,29H,1-2H3/b4-3-,8-5-. The molecule has 146 valence electrons. The van der Waals surface area contributed by atoms with Gasteiger partial charge in [0.1, 0.15) is 0 Å². The van der Waals surface area contributed by atoms with E-state index >= 15 is 0 Å². The fourth-order valence-corrected chi connectivity index (χ4v) is 5.22. The van der Waals surface area contributed by atoms with Gasteiger partial charge in [0.05, 0.1) is 6.04 Å². The Morgan fingerprint density at radius 2 is 1.80 bits per heavy atom. The van der Waals surface area contributed by atoms with Crippen molar-refractivity contribution >= 4 is 45.7 Å². The zero-order valence-corrected chi connectivity index (χ0v) is 17.3. The summed E-state index contributed by atoms with van der Waals surface area (Å²) in [5.74, 6) is 0.357. The zero-order valence-electron chi connectivity index (χ0n) is 17.3. The number of likely N-dealkylation sites (N-methyl/N-ethyl adjacent to an activating group) is 1. The first kappa shape index (κ1) is 17.3. The smallest absolute Gasteiger partial charge is 0.0583 e. The van der Waals surface area contributed by atoms with Gasteiger partial charge in [-0.05, 0) is 52.8 Å². The second kappa shape index (κ2) is 6.50. The van der Waals surface area contributed by atoms with Crippen LogP contribution in [-0.4, -0.2) is 18.1 Å². The fraction of sp³-hybridized carbons (Fsp3) is 0.143. The van der Waals surface area contributed by atoms with Gasteiger partial charge in [-0.15, -0.1) is 0 Å². The van der Waals surface area contributed by atoms with Crippen LogP contribution in [0, 0.1) is 0 Å². The van der Waals surface area contributed by atoms with Crippen molar-refractivity contribution in [3.8, 4) is 0 Å². The second-order valence-electron chi connectivity index (χ2n) is 8.33. The Bertz CT molecular complexity index is 1480. The highest BCUT2D eigenvalue weighted by molar-refractivity contribution is 6.12. The highest BCUT2D eigenvalue weighted by Crippen LogP contribution is 2.47. The number of hydrogen-bond acceptors (Lipinski definition) is 1. The van der Waals surface area contributed by atoms with Gasteiger partial charge in [0.15, 0.2) is 0 Å². The molecule has 0 spiro atoms. The molecule has 1 N–H and O–H groups in total. The van der Waals surface area contributed by atoms with Crippen LogP contribution in [-0.2, 0) is 0 Å². The molecule has 2 atom stereocenters. The number of nitrogens with zero attached hydrogens (tertiary/aromatic N) is 1. The van der Waals surface area contributed by atoms with Crippen molar-refractivity contribution in [1.29, 1.82) is 0 Å². The number of rotatable bonds is 2. The molecule has 0 fully saturated rings. The number of aromatic nitrogens is 1. The largest absolute Gasteiger partial charge is 0.367 e. The lowest BCUT2D eigenvalue weighted by Gasteiger charge is -2.24. The molecule has 30 heavy (non-hydrogen) atoms. The Morgan fingerprint density at radius 1 is 0.900 bits per heavy atom. The number of benzene rings is 3. The first-order valence-corrected chi connectivity index (χ1v) is 10.6. The van der Waals surface area contributed by atoms with Gasteiger partial charge >= 0.3 is 0 Å².